The van der Waals surface area contributed by atoms with E-state index in [9.17, 15) is 22.8 Å². The Kier molecular flexibility index (Phi) is 7.84. The van der Waals surface area contributed by atoms with Crippen LogP contribution in [0.4, 0.5) is 19.0 Å². The van der Waals surface area contributed by atoms with Crippen LogP contribution in [-0.4, -0.2) is 36.7 Å². The molecular formula is C21H24F3N3O4. The molecule has 0 radical (unpaired) electrons. The van der Waals surface area contributed by atoms with Crippen molar-refractivity contribution in [3.05, 3.63) is 47.2 Å². The van der Waals surface area contributed by atoms with E-state index >= 15 is 0 Å². The molecule has 0 aliphatic carbocycles. The van der Waals surface area contributed by atoms with Crippen LogP contribution in [0.15, 0.2) is 30.3 Å². The van der Waals surface area contributed by atoms with Gasteiger partial charge in [-0.15, -0.1) is 0 Å². The molecule has 0 spiro atoms. The number of benzene rings is 1. The van der Waals surface area contributed by atoms with E-state index in [-0.39, 0.29) is 35.7 Å². The molecule has 0 saturated carbocycles. The first-order chi connectivity index (χ1) is 14.5. The van der Waals surface area contributed by atoms with Gasteiger partial charge in [0.1, 0.15) is 5.82 Å². The summed E-state index contributed by atoms with van der Waals surface area (Å²) >= 11 is 0. The highest BCUT2D eigenvalue weighted by atomic mass is 19.4. The number of anilines is 1. The number of amides is 2. The van der Waals surface area contributed by atoms with E-state index in [1.54, 1.807) is 26.8 Å². The minimum atomic E-state index is -4.46. The van der Waals surface area contributed by atoms with Crippen molar-refractivity contribution < 1.29 is 32.2 Å². The highest BCUT2D eigenvalue weighted by Crippen LogP contribution is 2.29. The molecule has 0 fully saturated rings. The fourth-order valence-electron chi connectivity index (χ4n) is 2.52. The van der Waals surface area contributed by atoms with Crippen molar-refractivity contribution in [1.82, 2.24) is 10.3 Å². The molecular weight excluding hydrogens is 415 g/mol. The van der Waals surface area contributed by atoms with Crippen LogP contribution < -0.4 is 20.1 Å². The molecule has 31 heavy (non-hydrogen) atoms. The second kappa shape index (κ2) is 10.1. The Morgan fingerprint density at radius 3 is 2.45 bits per heavy atom. The van der Waals surface area contributed by atoms with Gasteiger partial charge in [0.15, 0.2) is 18.1 Å². The van der Waals surface area contributed by atoms with Gasteiger partial charge in [-0.3, -0.25) is 9.59 Å². The molecule has 7 nitrogen and oxygen atoms in total. The third-order valence-electron chi connectivity index (χ3n) is 4.06. The summed E-state index contributed by atoms with van der Waals surface area (Å²) in [6.07, 6.45) is -4.46. The number of pyridine rings is 1. The SMILES string of the molecule is COc1cc(CNC(=O)c2cc(C)nc(NC(=O)C(C)C)c2)ccc1OCC(F)(F)F. The van der Waals surface area contributed by atoms with Crippen LogP contribution in [0.3, 0.4) is 0 Å². The Labute approximate surface area is 178 Å². The van der Waals surface area contributed by atoms with Crippen LogP contribution in [0.2, 0.25) is 0 Å². The van der Waals surface area contributed by atoms with Gasteiger partial charge in [-0.05, 0) is 36.8 Å². The number of aryl methyl sites for hydroxylation is 1. The lowest BCUT2D eigenvalue weighted by atomic mass is 10.1. The number of carbonyl (C=O) groups is 2. The number of halogens is 3. The van der Waals surface area contributed by atoms with Crippen molar-refractivity contribution in [2.24, 2.45) is 5.92 Å². The summed E-state index contributed by atoms with van der Waals surface area (Å²) in [7, 11) is 1.31. The van der Waals surface area contributed by atoms with Gasteiger partial charge in [0, 0.05) is 23.7 Å². The van der Waals surface area contributed by atoms with Gasteiger partial charge in [-0.1, -0.05) is 19.9 Å². The average molecular weight is 439 g/mol. The first kappa shape index (κ1) is 24.0. The number of nitrogens with one attached hydrogen (secondary N) is 2. The van der Waals surface area contributed by atoms with Crippen molar-refractivity contribution >= 4 is 17.6 Å². The lowest BCUT2D eigenvalue weighted by molar-refractivity contribution is -0.153. The smallest absolute Gasteiger partial charge is 0.422 e. The normalized spacial score (nSPS) is 11.2. The standard InChI is InChI=1S/C21H24F3N3O4/c1-12(2)19(28)27-18-9-15(7-13(3)26-18)20(29)25-10-14-5-6-16(17(8-14)30-4)31-11-21(22,23)24/h5-9,12H,10-11H2,1-4H3,(H,25,29)(H,26,27,28). The summed E-state index contributed by atoms with van der Waals surface area (Å²) in [6.45, 7) is 3.85. The van der Waals surface area contributed by atoms with Gasteiger partial charge in [0.05, 0.1) is 7.11 Å². The van der Waals surface area contributed by atoms with E-state index < -0.39 is 18.7 Å². The van der Waals surface area contributed by atoms with E-state index in [1.807, 2.05) is 0 Å². The molecule has 0 saturated heterocycles. The monoisotopic (exact) mass is 439 g/mol. The zero-order valence-electron chi connectivity index (χ0n) is 17.6. The first-order valence-electron chi connectivity index (χ1n) is 9.42. The number of hydrogen-bond donors (Lipinski definition) is 2. The topological polar surface area (TPSA) is 89.5 Å². The van der Waals surface area contributed by atoms with Gasteiger partial charge in [-0.2, -0.15) is 13.2 Å². The summed E-state index contributed by atoms with van der Waals surface area (Å²) in [6, 6.07) is 7.41. The largest absolute Gasteiger partial charge is 0.493 e. The van der Waals surface area contributed by atoms with Crippen molar-refractivity contribution in [3.8, 4) is 11.5 Å². The molecule has 0 atom stereocenters. The maximum Gasteiger partial charge on any atom is 0.422 e. The van der Waals surface area contributed by atoms with Gasteiger partial charge in [0.25, 0.3) is 5.91 Å². The van der Waals surface area contributed by atoms with Gasteiger partial charge in [0.2, 0.25) is 5.91 Å². The van der Waals surface area contributed by atoms with Crippen LogP contribution in [0.25, 0.3) is 0 Å². The van der Waals surface area contributed by atoms with Gasteiger partial charge < -0.3 is 20.1 Å². The average Bonchev–Trinajstić information content (AvgIpc) is 2.69. The Morgan fingerprint density at radius 2 is 1.84 bits per heavy atom. The minimum Gasteiger partial charge on any atom is -0.493 e. The second-order valence-electron chi connectivity index (χ2n) is 7.10. The van der Waals surface area contributed by atoms with E-state index in [0.717, 1.165) is 0 Å². The molecule has 168 valence electrons. The van der Waals surface area contributed by atoms with Gasteiger partial charge in [-0.25, -0.2) is 4.98 Å². The number of alkyl halides is 3. The molecule has 1 aromatic carbocycles. The van der Waals surface area contributed by atoms with E-state index in [2.05, 4.69) is 15.6 Å². The zero-order chi connectivity index (χ0) is 23.2. The van der Waals surface area contributed by atoms with Crippen molar-refractivity contribution in [3.63, 3.8) is 0 Å². The lowest BCUT2D eigenvalue weighted by Gasteiger charge is -2.14. The number of nitrogens with zero attached hydrogens (tertiary/aromatic N) is 1. The summed E-state index contributed by atoms with van der Waals surface area (Å²) in [5.74, 6) is -0.514. The van der Waals surface area contributed by atoms with Gasteiger partial charge >= 0.3 is 6.18 Å². The van der Waals surface area contributed by atoms with Crippen LogP contribution in [-0.2, 0) is 11.3 Å². The number of methoxy groups -OCH3 is 1. The predicted molar refractivity (Wildman–Crippen MR) is 108 cm³/mol. The van der Waals surface area contributed by atoms with Crippen LogP contribution in [0, 0.1) is 12.8 Å². The number of ether oxygens (including phenoxy) is 2. The summed E-state index contributed by atoms with van der Waals surface area (Å²) in [5, 5.41) is 5.37. The second-order valence-corrected chi connectivity index (χ2v) is 7.10. The number of rotatable bonds is 8. The molecule has 2 rings (SSSR count). The van der Waals surface area contributed by atoms with E-state index in [1.165, 1.54) is 31.4 Å². The maximum absolute atomic E-state index is 12.5. The van der Waals surface area contributed by atoms with Crippen LogP contribution in [0.1, 0.15) is 35.5 Å². The fraction of sp³-hybridized carbons (Fsp3) is 0.381. The molecule has 0 bridgehead atoms. The number of hydrogen-bond acceptors (Lipinski definition) is 5. The lowest BCUT2D eigenvalue weighted by Crippen LogP contribution is -2.24. The Bertz CT molecular complexity index is 946. The highest BCUT2D eigenvalue weighted by Gasteiger charge is 2.29. The predicted octanol–water partition coefficient (Wildman–Crippen LogP) is 3.86. The molecule has 1 aromatic heterocycles. The van der Waals surface area contributed by atoms with Crippen LogP contribution in [0.5, 0.6) is 11.5 Å². The van der Waals surface area contributed by atoms with E-state index in [0.29, 0.717) is 16.8 Å². The molecule has 2 N–H and O–H groups in total. The number of carbonyl (C=O) groups excluding carboxylic acids is 2. The summed E-state index contributed by atoms with van der Waals surface area (Å²) < 4.78 is 46.9. The zero-order valence-corrected chi connectivity index (χ0v) is 17.6. The van der Waals surface area contributed by atoms with Crippen molar-refractivity contribution in [2.75, 3.05) is 19.0 Å². The molecule has 0 aliphatic rings. The third kappa shape index (κ3) is 7.47. The molecule has 0 unspecified atom stereocenters. The minimum absolute atomic E-state index is 0.0507. The van der Waals surface area contributed by atoms with Crippen molar-refractivity contribution in [1.29, 1.82) is 0 Å². The number of aromatic nitrogens is 1. The molecule has 1 heterocycles. The summed E-state index contributed by atoms with van der Waals surface area (Å²) in [4.78, 5) is 28.6. The Morgan fingerprint density at radius 1 is 1.13 bits per heavy atom. The van der Waals surface area contributed by atoms with Crippen LogP contribution >= 0.6 is 0 Å². The quantitative estimate of drug-likeness (QED) is 0.652. The Hall–Kier alpha value is -3.30. The fourth-order valence-corrected chi connectivity index (χ4v) is 2.52. The maximum atomic E-state index is 12.5. The molecule has 0 aliphatic heterocycles. The summed E-state index contributed by atoms with van der Waals surface area (Å²) in [5.41, 5.74) is 1.46. The van der Waals surface area contributed by atoms with Crippen molar-refractivity contribution in [2.45, 2.75) is 33.5 Å². The molecule has 2 amide bonds. The third-order valence-corrected chi connectivity index (χ3v) is 4.06. The Balaban J connectivity index is 2.06. The first-order valence-corrected chi connectivity index (χ1v) is 9.42. The van der Waals surface area contributed by atoms with E-state index in [4.69, 9.17) is 9.47 Å². The molecule has 10 heteroatoms. The highest BCUT2D eigenvalue weighted by molar-refractivity contribution is 5.97. The molecule has 2 aromatic rings.